The van der Waals surface area contributed by atoms with Crippen LogP contribution in [0.15, 0.2) is 121 Å². The molecule has 0 radical (unpaired) electrons. The molecule has 0 aromatic carbocycles. The second-order valence-electron chi connectivity index (χ2n) is 7.91. The molecule has 0 aromatic heterocycles. The molecule has 0 saturated heterocycles. The van der Waals surface area contributed by atoms with Gasteiger partial charge >= 0.3 is 0 Å². The maximum Gasteiger partial charge on any atom is -0.0171 e. The standard InChI is InChI=1S/C30H20/c1-3-7-22-15-28(16-23(22)8-4-1)21-11-13-26-19-30(20-27(26)14-12-21)29-17-24-9-5-2-6-10-25(24)18-29/h1-20H. The largest absolute Gasteiger partial charge is 0.0622 e. The lowest BCUT2D eigenvalue weighted by molar-refractivity contribution is 1.76. The highest BCUT2D eigenvalue weighted by Crippen LogP contribution is 2.38. The maximum absolute atomic E-state index is 2.30. The number of fused-ring (bicyclic) bond motifs is 3. The van der Waals surface area contributed by atoms with Crippen LogP contribution in [0.2, 0.25) is 0 Å². The molecule has 6 aliphatic carbocycles. The summed E-state index contributed by atoms with van der Waals surface area (Å²) in [6.07, 6.45) is 0. The summed E-state index contributed by atoms with van der Waals surface area (Å²) in [5.74, 6) is 0. The lowest BCUT2D eigenvalue weighted by Crippen LogP contribution is -1.66. The molecule has 0 aliphatic heterocycles. The Morgan fingerprint density at radius 3 is 0.833 bits per heavy atom. The molecule has 0 saturated carbocycles. The van der Waals surface area contributed by atoms with E-state index in [-0.39, 0.29) is 0 Å². The van der Waals surface area contributed by atoms with Crippen LogP contribution < -0.4 is 0 Å². The van der Waals surface area contributed by atoms with E-state index < -0.39 is 0 Å². The van der Waals surface area contributed by atoms with E-state index in [0.29, 0.717) is 0 Å². The number of hydrogen-bond acceptors (Lipinski definition) is 0. The third kappa shape index (κ3) is 2.94. The van der Waals surface area contributed by atoms with Crippen molar-refractivity contribution in [1.82, 2.24) is 0 Å². The smallest absolute Gasteiger partial charge is 0.0171 e. The van der Waals surface area contributed by atoms with Gasteiger partial charge in [-0.2, -0.15) is 0 Å². The molecule has 0 heteroatoms. The molecule has 140 valence electrons. The first-order valence-corrected chi connectivity index (χ1v) is 10.4. The Bertz CT molecular complexity index is 1230. The van der Waals surface area contributed by atoms with E-state index in [1.807, 2.05) is 0 Å². The van der Waals surface area contributed by atoms with Crippen LogP contribution in [0.1, 0.15) is 0 Å². The predicted octanol–water partition coefficient (Wildman–Crippen LogP) is 8.34. The molecule has 0 nitrogen and oxygen atoms in total. The van der Waals surface area contributed by atoms with Crippen molar-refractivity contribution < 1.29 is 0 Å². The first-order chi connectivity index (χ1) is 14.8. The summed E-state index contributed by atoms with van der Waals surface area (Å²) < 4.78 is 0. The molecule has 0 spiro atoms. The minimum atomic E-state index is 1.25. The van der Waals surface area contributed by atoms with Gasteiger partial charge in [-0.25, -0.2) is 0 Å². The summed E-state index contributed by atoms with van der Waals surface area (Å²) in [7, 11) is 0. The second kappa shape index (κ2) is 6.86. The van der Waals surface area contributed by atoms with E-state index in [0.717, 1.165) is 0 Å². The molecule has 0 N–H and O–H groups in total. The number of hydrogen-bond donors (Lipinski definition) is 0. The van der Waals surface area contributed by atoms with Crippen molar-refractivity contribution in [1.29, 1.82) is 0 Å². The molecule has 0 bridgehead atoms. The Labute approximate surface area is 177 Å². The molecule has 30 heavy (non-hydrogen) atoms. The molecule has 0 heterocycles. The Morgan fingerprint density at radius 2 is 0.467 bits per heavy atom. The monoisotopic (exact) mass is 380 g/mol. The molecule has 0 amide bonds. The van der Waals surface area contributed by atoms with Gasteiger partial charge in [0, 0.05) is 0 Å². The van der Waals surface area contributed by atoms with Crippen LogP contribution in [0.4, 0.5) is 0 Å². The average molecular weight is 380 g/mol. The van der Waals surface area contributed by atoms with Crippen LogP contribution in [0, 0.1) is 0 Å². The molecule has 6 aliphatic rings. The molecule has 0 fully saturated rings. The highest BCUT2D eigenvalue weighted by atomic mass is 14.2. The fraction of sp³-hybridized carbons (Fsp3) is 0. The Morgan fingerprint density at radius 1 is 0.200 bits per heavy atom. The summed E-state index contributed by atoms with van der Waals surface area (Å²) in [6, 6.07) is 43.9. The van der Waals surface area contributed by atoms with Gasteiger partial charge in [0.25, 0.3) is 0 Å². The first kappa shape index (κ1) is 17.0. The molecule has 0 atom stereocenters. The van der Waals surface area contributed by atoms with Crippen molar-refractivity contribution in [3.05, 3.63) is 121 Å². The van der Waals surface area contributed by atoms with Gasteiger partial charge in [0.05, 0.1) is 0 Å². The van der Waals surface area contributed by atoms with Gasteiger partial charge < -0.3 is 0 Å². The Hall–Kier alpha value is -3.90. The molecular weight excluding hydrogens is 360 g/mol. The normalized spacial score (nSPS) is 11.3. The summed E-state index contributed by atoms with van der Waals surface area (Å²) in [4.78, 5) is 0. The van der Waals surface area contributed by atoms with Crippen LogP contribution in [-0.2, 0) is 0 Å². The summed E-state index contributed by atoms with van der Waals surface area (Å²) in [5, 5.41) is 0. The van der Waals surface area contributed by atoms with Crippen molar-refractivity contribution in [3.8, 4) is 55.6 Å². The van der Waals surface area contributed by atoms with Gasteiger partial charge in [0.15, 0.2) is 0 Å². The average Bonchev–Trinajstić information content (AvgIpc) is 3.32. The van der Waals surface area contributed by atoms with E-state index in [1.54, 1.807) is 0 Å². The summed E-state index contributed by atoms with van der Waals surface area (Å²) in [5.41, 5.74) is 12.7. The van der Waals surface area contributed by atoms with Gasteiger partial charge in [0.1, 0.15) is 0 Å². The fourth-order valence-electron chi connectivity index (χ4n) is 4.37. The topological polar surface area (TPSA) is 0 Å². The molecular formula is C30H20. The fourth-order valence-corrected chi connectivity index (χ4v) is 4.37. The van der Waals surface area contributed by atoms with Gasteiger partial charge in [-0.3, -0.25) is 0 Å². The highest BCUT2D eigenvalue weighted by Gasteiger charge is 2.12. The molecule has 6 rings (SSSR count). The van der Waals surface area contributed by atoms with E-state index in [4.69, 9.17) is 0 Å². The maximum atomic E-state index is 2.30. The second-order valence-corrected chi connectivity index (χ2v) is 7.91. The Balaban J connectivity index is 1.41. The molecule has 0 aromatic rings. The number of rotatable bonds is 2. The SMILES string of the molecule is c1ccc2cc(-c3ccc4cc(-c5cc6cccccc-6c5)cc-4cc3)cc-2cc1. The van der Waals surface area contributed by atoms with Crippen molar-refractivity contribution in [2.45, 2.75) is 0 Å². The summed E-state index contributed by atoms with van der Waals surface area (Å²) >= 11 is 0. The van der Waals surface area contributed by atoms with Crippen LogP contribution >= 0.6 is 0 Å². The minimum absolute atomic E-state index is 1.25. The van der Waals surface area contributed by atoms with Gasteiger partial charge in [-0.1, -0.05) is 84.9 Å². The van der Waals surface area contributed by atoms with Crippen LogP contribution in [0.25, 0.3) is 55.6 Å². The van der Waals surface area contributed by atoms with Gasteiger partial charge in [-0.15, -0.1) is 0 Å². The van der Waals surface area contributed by atoms with Crippen LogP contribution in [0.3, 0.4) is 0 Å². The van der Waals surface area contributed by atoms with Crippen LogP contribution in [-0.4, -0.2) is 0 Å². The van der Waals surface area contributed by atoms with Gasteiger partial charge in [0.2, 0.25) is 0 Å². The first-order valence-electron chi connectivity index (χ1n) is 10.4. The lowest BCUT2D eigenvalue weighted by Gasteiger charge is -1.92. The highest BCUT2D eigenvalue weighted by molar-refractivity contribution is 5.87. The molecule has 0 unspecified atom stereocenters. The zero-order valence-corrected chi connectivity index (χ0v) is 16.5. The summed E-state index contributed by atoms with van der Waals surface area (Å²) in [6.45, 7) is 0. The van der Waals surface area contributed by atoms with Crippen molar-refractivity contribution in [3.63, 3.8) is 0 Å². The van der Waals surface area contributed by atoms with Crippen molar-refractivity contribution in [2.75, 3.05) is 0 Å². The van der Waals surface area contributed by atoms with E-state index >= 15 is 0 Å². The zero-order chi connectivity index (χ0) is 19.9. The zero-order valence-electron chi connectivity index (χ0n) is 16.5. The van der Waals surface area contributed by atoms with Gasteiger partial charge in [-0.05, 0) is 92.0 Å². The van der Waals surface area contributed by atoms with Crippen molar-refractivity contribution >= 4 is 0 Å². The van der Waals surface area contributed by atoms with E-state index in [1.165, 1.54) is 55.6 Å². The Kier molecular flexibility index (Phi) is 3.89. The van der Waals surface area contributed by atoms with Crippen LogP contribution in [0.5, 0.6) is 0 Å². The lowest BCUT2D eigenvalue weighted by atomic mass is 10.1. The third-order valence-corrected chi connectivity index (χ3v) is 5.97. The van der Waals surface area contributed by atoms with E-state index in [2.05, 4.69) is 121 Å². The van der Waals surface area contributed by atoms with Crippen molar-refractivity contribution in [2.24, 2.45) is 0 Å². The van der Waals surface area contributed by atoms with E-state index in [9.17, 15) is 0 Å². The minimum Gasteiger partial charge on any atom is -0.0622 e. The quantitative estimate of drug-likeness (QED) is 0.283. The third-order valence-electron chi connectivity index (χ3n) is 5.97. The predicted molar refractivity (Wildman–Crippen MR) is 127 cm³/mol.